The predicted octanol–water partition coefficient (Wildman–Crippen LogP) is 3.05. The first-order valence-corrected chi connectivity index (χ1v) is 9.28. The zero-order chi connectivity index (χ0) is 16.9. The number of nitrogens with one attached hydrogen (secondary N) is 2. The number of hydrogen-bond acceptors (Lipinski definition) is 4. The molecule has 0 aliphatic carbocycles. The van der Waals surface area contributed by atoms with E-state index >= 15 is 0 Å². The summed E-state index contributed by atoms with van der Waals surface area (Å²) in [6.07, 6.45) is 1.08. The molecule has 0 spiro atoms. The number of rotatable bonds is 4. The molecule has 1 aliphatic rings. The second-order valence-electron chi connectivity index (χ2n) is 5.84. The first-order valence-electron chi connectivity index (χ1n) is 8.02. The van der Waals surface area contributed by atoms with Gasteiger partial charge in [0.05, 0.1) is 17.7 Å². The second-order valence-corrected chi connectivity index (χ2v) is 7.22. The van der Waals surface area contributed by atoms with Gasteiger partial charge in [0.1, 0.15) is 0 Å². The Bertz CT molecular complexity index is 715. The predicted molar refractivity (Wildman–Crippen MR) is 102 cm³/mol. The van der Waals surface area contributed by atoms with Crippen molar-refractivity contribution < 1.29 is 0 Å². The van der Waals surface area contributed by atoms with Crippen molar-refractivity contribution in [3.05, 3.63) is 45.4 Å². The molecule has 24 heavy (non-hydrogen) atoms. The molecular formula is C17H22ClN5S. The molecule has 0 radical (unpaired) electrons. The number of benzene rings is 1. The van der Waals surface area contributed by atoms with Gasteiger partial charge in [0, 0.05) is 41.8 Å². The maximum atomic E-state index is 6.09. The van der Waals surface area contributed by atoms with E-state index < -0.39 is 0 Å². The van der Waals surface area contributed by atoms with Crippen LogP contribution >= 0.6 is 22.9 Å². The third-order valence-electron chi connectivity index (χ3n) is 4.19. The molecule has 3 rings (SSSR count). The molecule has 1 saturated heterocycles. The van der Waals surface area contributed by atoms with Gasteiger partial charge < -0.3 is 15.5 Å². The van der Waals surface area contributed by atoms with Crippen LogP contribution in [0, 0.1) is 6.92 Å². The number of aryl methyl sites for hydroxylation is 1. The maximum Gasteiger partial charge on any atom is 0.191 e. The zero-order valence-corrected chi connectivity index (χ0v) is 15.5. The van der Waals surface area contributed by atoms with E-state index in [1.54, 1.807) is 18.4 Å². The van der Waals surface area contributed by atoms with Gasteiger partial charge in [-0.1, -0.05) is 17.7 Å². The summed E-state index contributed by atoms with van der Waals surface area (Å²) >= 11 is 7.76. The number of hydrogen-bond donors (Lipinski definition) is 2. The third kappa shape index (κ3) is 4.19. The van der Waals surface area contributed by atoms with Gasteiger partial charge in [0.15, 0.2) is 5.96 Å². The highest BCUT2D eigenvalue weighted by Crippen LogP contribution is 2.23. The number of aromatic nitrogens is 1. The van der Waals surface area contributed by atoms with Crippen LogP contribution in [0.2, 0.25) is 5.02 Å². The molecule has 7 heteroatoms. The minimum absolute atomic E-state index is 0.373. The van der Waals surface area contributed by atoms with Crippen LogP contribution in [0.3, 0.4) is 0 Å². The SMILES string of the molecule is CN=C(NCc1scnc1C)NC1CCN(c2cccc(Cl)c2)C1. The molecule has 2 heterocycles. The van der Waals surface area contributed by atoms with E-state index in [1.807, 2.05) is 30.6 Å². The Balaban J connectivity index is 1.53. The molecule has 1 aromatic heterocycles. The summed E-state index contributed by atoms with van der Waals surface area (Å²) in [5.74, 6) is 0.834. The Labute approximate surface area is 151 Å². The highest BCUT2D eigenvalue weighted by Gasteiger charge is 2.23. The lowest BCUT2D eigenvalue weighted by Gasteiger charge is -2.20. The first kappa shape index (κ1) is 17.0. The van der Waals surface area contributed by atoms with Gasteiger partial charge in [-0.05, 0) is 31.5 Å². The van der Waals surface area contributed by atoms with Crippen molar-refractivity contribution in [2.45, 2.75) is 25.9 Å². The zero-order valence-electron chi connectivity index (χ0n) is 13.9. The normalized spacial score (nSPS) is 18.0. The summed E-state index contributed by atoms with van der Waals surface area (Å²) < 4.78 is 0. The Morgan fingerprint density at radius 1 is 1.50 bits per heavy atom. The van der Waals surface area contributed by atoms with Crippen LogP contribution in [0.1, 0.15) is 17.0 Å². The largest absolute Gasteiger partial charge is 0.369 e. The highest BCUT2D eigenvalue weighted by atomic mass is 35.5. The molecule has 1 aliphatic heterocycles. The molecule has 1 atom stereocenters. The molecule has 2 aromatic rings. The van der Waals surface area contributed by atoms with E-state index in [-0.39, 0.29) is 0 Å². The van der Waals surface area contributed by atoms with E-state index in [4.69, 9.17) is 11.6 Å². The van der Waals surface area contributed by atoms with Crippen LogP contribution in [-0.4, -0.2) is 37.1 Å². The minimum Gasteiger partial charge on any atom is -0.369 e. The fraction of sp³-hybridized carbons (Fsp3) is 0.412. The van der Waals surface area contributed by atoms with Gasteiger partial charge >= 0.3 is 0 Å². The third-order valence-corrected chi connectivity index (χ3v) is 5.36. The van der Waals surface area contributed by atoms with Crippen molar-refractivity contribution in [1.82, 2.24) is 15.6 Å². The Morgan fingerprint density at radius 3 is 3.08 bits per heavy atom. The monoisotopic (exact) mass is 363 g/mol. The van der Waals surface area contributed by atoms with Gasteiger partial charge in [-0.15, -0.1) is 11.3 Å². The van der Waals surface area contributed by atoms with E-state index in [9.17, 15) is 0 Å². The fourth-order valence-corrected chi connectivity index (χ4v) is 3.73. The molecule has 1 aromatic carbocycles. The molecule has 1 unspecified atom stereocenters. The smallest absolute Gasteiger partial charge is 0.191 e. The Morgan fingerprint density at radius 2 is 2.38 bits per heavy atom. The number of thiazole rings is 1. The number of guanidine groups is 1. The van der Waals surface area contributed by atoms with Crippen LogP contribution in [-0.2, 0) is 6.54 Å². The summed E-state index contributed by atoms with van der Waals surface area (Å²) in [6.45, 7) is 4.74. The van der Waals surface area contributed by atoms with Crippen molar-refractivity contribution in [3.63, 3.8) is 0 Å². The fourth-order valence-electron chi connectivity index (χ4n) is 2.83. The summed E-state index contributed by atoms with van der Waals surface area (Å²) in [5, 5.41) is 7.66. The minimum atomic E-state index is 0.373. The second kappa shape index (κ2) is 7.85. The van der Waals surface area contributed by atoms with E-state index in [2.05, 4.69) is 31.6 Å². The molecule has 128 valence electrons. The van der Waals surface area contributed by atoms with Crippen molar-refractivity contribution in [2.75, 3.05) is 25.0 Å². The molecule has 2 N–H and O–H groups in total. The molecule has 1 fully saturated rings. The number of anilines is 1. The van der Waals surface area contributed by atoms with E-state index in [1.165, 1.54) is 10.6 Å². The molecule has 5 nitrogen and oxygen atoms in total. The number of halogens is 1. The molecule has 0 saturated carbocycles. The molecule has 0 amide bonds. The van der Waals surface area contributed by atoms with Gasteiger partial charge in [-0.25, -0.2) is 4.98 Å². The van der Waals surface area contributed by atoms with E-state index in [0.29, 0.717) is 6.04 Å². The summed E-state index contributed by atoms with van der Waals surface area (Å²) in [5.41, 5.74) is 4.13. The van der Waals surface area contributed by atoms with Crippen LogP contribution in [0.4, 0.5) is 5.69 Å². The topological polar surface area (TPSA) is 52.6 Å². The standard InChI is InChI=1S/C17H22ClN5S/c1-12-16(24-11-21-12)9-20-17(19-2)22-14-6-7-23(10-14)15-5-3-4-13(18)8-15/h3-5,8,11,14H,6-7,9-10H2,1-2H3,(H2,19,20,22). The highest BCUT2D eigenvalue weighted by molar-refractivity contribution is 7.09. The van der Waals surface area contributed by atoms with E-state index in [0.717, 1.165) is 42.7 Å². The average Bonchev–Trinajstić information content (AvgIpc) is 3.20. The van der Waals surface area contributed by atoms with Crippen LogP contribution in [0.5, 0.6) is 0 Å². The van der Waals surface area contributed by atoms with Gasteiger partial charge in [-0.3, -0.25) is 4.99 Å². The van der Waals surface area contributed by atoms with Crippen molar-refractivity contribution in [3.8, 4) is 0 Å². The number of nitrogens with zero attached hydrogens (tertiary/aromatic N) is 3. The lowest BCUT2D eigenvalue weighted by molar-refractivity contribution is 0.649. The lowest BCUT2D eigenvalue weighted by atomic mass is 10.2. The van der Waals surface area contributed by atoms with Crippen molar-refractivity contribution in [2.24, 2.45) is 4.99 Å². The van der Waals surface area contributed by atoms with Crippen LogP contribution in [0.25, 0.3) is 0 Å². The summed E-state index contributed by atoms with van der Waals surface area (Å²) in [7, 11) is 1.80. The summed E-state index contributed by atoms with van der Waals surface area (Å²) in [4.78, 5) is 12.2. The van der Waals surface area contributed by atoms with Crippen molar-refractivity contribution in [1.29, 1.82) is 0 Å². The Kier molecular flexibility index (Phi) is 5.58. The van der Waals surface area contributed by atoms with Gasteiger partial charge in [0.2, 0.25) is 0 Å². The number of aliphatic imine (C=N–C) groups is 1. The molecular weight excluding hydrogens is 342 g/mol. The van der Waals surface area contributed by atoms with Crippen LogP contribution < -0.4 is 15.5 Å². The lowest BCUT2D eigenvalue weighted by Crippen LogP contribution is -2.44. The van der Waals surface area contributed by atoms with Gasteiger partial charge in [-0.2, -0.15) is 0 Å². The maximum absolute atomic E-state index is 6.09. The molecule has 0 bridgehead atoms. The van der Waals surface area contributed by atoms with Gasteiger partial charge in [0.25, 0.3) is 0 Å². The van der Waals surface area contributed by atoms with Crippen LogP contribution in [0.15, 0.2) is 34.8 Å². The quantitative estimate of drug-likeness (QED) is 0.647. The Hall–Kier alpha value is -1.79. The van der Waals surface area contributed by atoms with Crippen molar-refractivity contribution >= 4 is 34.6 Å². The average molecular weight is 364 g/mol. The summed E-state index contributed by atoms with van der Waals surface area (Å²) in [6, 6.07) is 8.40. The first-order chi connectivity index (χ1) is 11.7.